The predicted molar refractivity (Wildman–Crippen MR) is 76.6 cm³/mol. The van der Waals surface area contributed by atoms with Crippen LogP contribution < -0.4 is 5.32 Å². The van der Waals surface area contributed by atoms with Crippen LogP contribution in [0.2, 0.25) is 0 Å². The van der Waals surface area contributed by atoms with Crippen molar-refractivity contribution in [2.75, 3.05) is 6.54 Å². The lowest BCUT2D eigenvalue weighted by atomic mass is 9.68. The molecule has 2 saturated carbocycles. The van der Waals surface area contributed by atoms with Gasteiger partial charge in [-0.15, -0.1) is 0 Å². The molecule has 18 heavy (non-hydrogen) atoms. The molecule has 0 heterocycles. The Morgan fingerprint density at radius 1 is 1.33 bits per heavy atom. The third-order valence-corrected chi connectivity index (χ3v) is 5.75. The van der Waals surface area contributed by atoms with Crippen molar-refractivity contribution >= 4 is 0 Å². The number of fused-ring (bicyclic) bond motifs is 2. The van der Waals surface area contributed by atoms with Gasteiger partial charge < -0.3 is 10.4 Å². The minimum atomic E-state index is -0.553. The van der Waals surface area contributed by atoms with Gasteiger partial charge in [0.15, 0.2) is 0 Å². The summed E-state index contributed by atoms with van der Waals surface area (Å²) in [7, 11) is 0. The van der Waals surface area contributed by atoms with Crippen LogP contribution in [-0.2, 0) is 0 Å². The van der Waals surface area contributed by atoms with Crippen molar-refractivity contribution in [2.24, 2.45) is 16.7 Å². The molecule has 2 N–H and O–H groups in total. The highest BCUT2D eigenvalue weighted by Crippen LogP contribution is 2.62. The van der Waals surface area contributed by atoms with E-state index < -0.39 is 5.60 Å². The minimum absolute atomic E-state index is 0.384. The van der Waals surface area contributed by atoms with Gasteiger partial charge in [0.2, 0.25) is 0 Å². The van der Waals surface area contributed by atoms with Crippen molar-refractivity contribution in [3.8, 4) is 0 Å². The molecule has 0 saturated heterocycles. The topological polar surface area (TPSA) is 32.3 Å². The van der Waals surface area contributed by atoms with Gasteiger partial charge in [-0.3, -0.25) is 0 Å². The molecule has 2 bridgehead atoms. The molecular weight excluding hydrogens is 222 g/mol. The van der Waals surface area contributed by atoms with E-state index in [0.717, 1.165) is 25.3 Å². The number of rotatable bonds is 5. The summed E-state index contributed by atoms with van der Waals surface area (Å²) in [6, 6.07) is 0.562. The lowest BCUT2D eigenvalue weighted by Gasteiger charge is -2.44. The second-order valence-corrected chi connectivity index (χ2v) is 7.98. The predicted octanol–water partition coefficient (Wildman–Crippen LogP) is 3.34. The third kappa shape index (κ3) is 2.34. The average Bonchev–Trinajstić information content (AvgIpc) is 2.68. The maximum Gasteiger partial charge on any atom is 0.0743 e. The lowest BCUT2D eigenvalue weighted by molar-refractivity contribution is 0.0271. The molecule has 2 rings (SSSR count). The first-order valence-corrected chi connectivity index (χ1v) is 7.67. The Morgan fingerprint density at radius 3 is 2.50 bits per heavy atom. The summed E-state index contributed by atoms with van der Waals surface area (Å²) in [5.74, 6) is 0.871. The molecule has 0 aliphatic heterocycles. The molecule has 106 valence electrons. The maximum absolute atomic E-state index is 10.3. The van der Waals surface area contributed by atoms with E-state index in [-0.39, 0.29) is 0 Å². The highest BCUT2D eigenvalue weighted by molar-refractivity contribution is 5.12. The fraction of sp³-hybridized carbons (Fsp3) is 1.00. The van der Waals surface area contributed by atoms with E-state index in [4.69, 9.17) is 0 Å². The van der Waals surface area contributed by atoms with Crippen molar-refractivity contribution in [3.05, 3.63) is 0 Å². The number of aliphatic hydroxyl groups is 1. The highest BCUT2D eigenvalue weighted by Gasteiger charge is 2.59. The van der Waals surface area contributed by atoms with E-state index >= 15 is 0 Å². The zero-order valence-corrected chi connectivity index (χ0v) is 12.8. The molecule has 4 unspecified atom stereocenters. The van der Waals surface area contributed by atoms with Crippen LogP contribution in [0.25, 0.3) is 0 Å². The molecule has 4 atom stereocenters. The summed E-state index contributed by atoms with van der Waals surface area (Å²) in [4.78, 5) is 0. The first-order chi connectivity index (χ1) is 8.21. The molecule has 2 aliphatic rings. The molecule has 2 heteroatoms. The maximum atomic E-state index is 10.3. The summed E-state index contributed by atoms with van der Waals surface area (Å²) in [6.45, 7) is 12.1. The minimum Gasteiger partial charge on any atom is -0.389 e. The fourth-order valence-corrected chi connectivity index (χ4v) is 4.76. The van der Waals surface area contributed by atoms with E-state index in [1.807, 2.05) is 6.92 Å². The Hall–Kier alpha value is -0.0800. The van der Waals surface area contributed by atoms with Crippen LogP contribution in [0.1, 0.15) is 66.7 Å². The van der Waals surface area contributed by atoms with Gasteiger partial charge in [-0.2, -0.15) is 0 Å². The van der Waals surface area contributed by atoms with Gasteiger partial charge in [-0.1, -0.05) is 34.1 Å². The lowest BCUT2D eigenvalue weighted by Crippen LogP contribution is -2.54. The number of hydrogen-bond donors (Lipinski definition) is 2. The summed E-state index contributed by atoms with van der Waals surface area (Å²) < 4.78 is 0. The first kappa shape index (κ1) is 14.3. The van der Waals surface area contributed by atoms with Crippen LogP contribution in [0.5, 0.6) is 0 Å². The van der Waals surface area contributed by atoms with Crippen molar-refractivity contribution in [2.45, 2.75) is 78.4 Å². The Labute approximate surface area is 113 Å². The quantitative estimate of drug-likeness (QED) is 0.787. The molecule has 2 aliphatic carbocycles. The number of hydrogen-bond acceptors (Lipinski definition) is 2. The van der Waals surface area contributed by atoms with Gasteiger partial charge in [-0.05, 0) is 49.4 Å². The van der Waals surface area contributed by atoms with E-state index in [9.17, 15) is 5.11 Å². The van der Waals surface area contributed by atoms with Gasteiger partial charge in [0, 0.05) is 12.6 Å². The molecule has 0 radical (unpaired) electrons. The van der Waals surface area contributed by atoms with Gasteiger partial charge in [-0.25, -0.2) is 0 Å². The number of nitrogens with one attached hydrogen (secondary N) is 1. The molecule has 0 aromatic heterocycles. The third-order valence-electron chi connectivity index (χ3n) is 5.75. The normalized spacial score (nSPS) is 41.0. The SMILES string of the molecule is CCCC(C)(O)CNC1C2(C)CCC(C2)C1(C)C. The van der Waals surface area contributed by atoms with Crippen LogP contribution in [-0.4, -0.2) is 23.3 Å². The fourth-order valence-electron chi connectivity index (χ4n) is 4.76. The summed E-state index contributed by atoms with van der Waals surface area (Å²) >= 11 is 0. The second-order valence-electron chi connectivity index (χ2n) is 7.98. The monoisotopic (exact) mass is 253 g/mol. The van der Waals surface area contributed by atoms with E-state index in [2.05, 4.69) is 33.0 Å². The molecular formula is C16H31NO. The molecule has 0 aromatic rings. The zero-order valence-electron chi connectivity index (χ0n) is 12.8. The van der Waals surface area contributed by atoms with Crippen LogP contribution in [0, 0.1) is 16.7 Å². The summed E-state index contributed by atoms with van der Waals surface area (Å²) in [5.41, 5.74) is 0.286. The second kappa shape index (κ2) is 4.49. The Balaban J connectivity index is 2.01. The average molecular weight is 253 g/mol. The van der Waals surface area contributed by atoms with Gasteiger partial charge in [0.1, 0.15) is 0 Å². The molecule has 0 aromatic carbocycles. The standard InChI is InChI=1S/C16H31NO/c1-6-8-16(5,18)11-17-13-14(2,3)12-7-9-15(13,4)10-12/h12-13,17-18H,6-11H2,1-5H3. The summed E-state index contributed by atoms with van der Waals surface area (Å²) in [5, 5.41) is 14.1. The molecule has 0 spiro atoms. The van der Waals surface area contributed by atoms with E-state index in [1.165, 1.54) is 19.3 Å². The van der Waals surface area contributed by atoms with Gasteiger partial charge in [0.25, 0.3) is 0 Å². The van der Waals surface area contributed by atoms with Crippen molar-refractivity contribution in [3.63, 3.8) is 0 Å². The Kier molecular flexibility index (Phi) is 3.57. The van der Waals surface area contributed by atoms with Crippen molar-refractivity contribution in [1.29, 1.82) is 0 Å². The largest absolute Gasteiger partial charge is 0.389 e. The van der Waals surface area contributed by atoms with Crippen LogP contribution in [0.15, 0.2) is 0 Å². The van der Waals surface area contributed by atoms with Crippen molar-refractivity contribution < 1.29 is 5.11 Å². The van der Waals surface area contributed by atoms with Crippen LogP contribution in [0.3, 0.4) is 0 Å². The van der Waals surface area contributed by atoms with Crippen molar-refractivity contribution in [1.82, 2.24) is 5.32 Å². The smallest absolute Gasteiger partial charge is 0.0743 e. The van der Waals surface area contributed by atoms with E-state index in [1.54, 1.807) is 0 Å². The molecule has 2 fully saturated rings. The summed E-state index contributed by atoms with van der Waals surface area (Å²) in [6.07, 6.45) is 6.05. The van der Waals surface area contributed by atoms with Crippen LogP contribution >= 0.6 is 0 Å². The van der Waals surface area contributed by atoms with E-state index in [0.29, 0.717) is 16.9 Å². The Morgan fingerprint density at radius 2 is 2.00 bits per heavy atom. The molecule has 2 nitrogen and oxygen atoms in total. The van der Waals surface area contributed by atoms with Gasteiger partial charge in [0.05, 0.1) is 5.60 Å². The first-order valence-electron chi connectivity index (χ1n) is 7.67. The highest BCUT2D eigenvalue weighted by atomic mass is 16.3. The zero-order chi connectivity index (χ0) is 13.6. The van der Waals surface area contributed by atoms with Gasteiger partial charge >= 0.3 is 0 Å². The Bertz CT molecular complexity index is 305. The molecule has 0 amide bonds. The van der Waals surface area contributed by atoms with Crippen LogP contribution in [0.4, 0.5) is 0 Å².